The van der Waals surface area contributed by atoms with Crippen molar-refractivity contribution in [1.82, 2.24) is 14.5 Å². The highest BCUT2D eigenvalue weighted by Crippen LogP contribution is 2.30. The van der Waals surface area contributed by atoms with Crippen molar-refractivity contribution in [2.24, 2.45) is 0 Å². The Morgan fingerprint density at radius 2 is 2.03 bits per heavy atom. The van der Waals surface area contributed by atoms with Gasteiger partial charge >= 0.3 is 0 Å². The summed E-state index contributed by atoms with van der Waals surface area (Å²) in [5.41, 5.74) is 1.21. The van der Waals surface area contributed by atoms with E-state index in [1.807, 2.05) is 13.8 Å². The summed E-state index contributed by atoms with van der Waals surface area (Å²) < 4.78 is 6.89. The lowest BCUT2D eigenvalue weighted by molar-refractivity contribution is -0.119. The van der Waals surface area contributed by atoms with Crippen LogP contribution in [0.15, 0.2) is 23.0 Å². The number of fused-ring (bicyclic) bond motifs is 1. The smallest absolute Gasteiger partial charge is 0.263 e. The normalized spacial score (nSPS) is 15.3. The maximum atomic E-state index is 13.6. The third kappa shape index (κ3) is 4.27. The van der Waals surface area contributed by atoms with E-state index in [0.29, 0.717) is 34.2 Å². The van der Waals surface area contributed by atoms with E-state index in [1.165, 1.54) is 18.4 Å². The predicted octanol–water partition coefficient (Wildman–Crippen LogP) is 4.53. The predicted molar refractivity (Wildman–Crippen MR) is 129 cm³/mol. The Bertz CT molecular complexity index is 1230. The molecule has 170 valence electrons. The highest BCUT2D eigenvalue weighted by molar-refractivity contribution is 7.18. The molecule has 9 heteroatoms. The Labute approximate surface area is 196 Å². The number of carbonyl (C=O) groups is 1. The first-order valence-electron chi connectivity index (χ1n) is 10.7. The van der Waals surface area contributed by atoms with Crippen LogP contribution in [0, 0.1) is 13.8 Å². The molecule has 1 saturated heterocycles. The zero-order valence-electron chi connectivity index (χ0n) is 18.7. The fourth-order valence-corrected chi connectivity index (χ4v) is 5.34. The van der Waals surface area contributed by atoms with Gasteiger partial charge in [-0.05, 0) is 70.5 Å². The molecule has 4 rings (SSSR count). The summed E-state index contributed by atoms with van der Waals surface area (Å²) in [6.07, 6.45) is 2.27. The molecule has 2 aromatic heterocycles. The molecule has 1 atom stereocenters. The molecular weight excluding hydrogens is 448 g/mol. The number of methoxy groups -OCH3 is 1. The number of nitrogens with zero attached hydrogens (tertiary/aromatic N) is 3. The molecule has 3 heterocycles. The number of hydrogen-bond acceptors (Lipinski definition) is 6. The van der Waals surface area contributed by atoms with E-state index in [-0.39, 0.29) is 11.5 Å². The van der Waals surface area contributed by atoms with Crippen LogP contribution < -0.4 is 15.6 Å². The van der Waals surface area contributed by atoms with E-state index >= 15 is 0 Å². The maximum Gasteiger partial charge on any atom is 0.263 e. The molecule has 1 N–H and O–H groups in total. The Kier molecular flexibility index (Phi) is 6.55. The first-order valence-corrected chi connectivity index (χ1v) is 11.9. The molecule has 0 bridgehead atoms. The van der Waals surface area contributed by atoms with E-state index in [0.717, 1.165) is 41.2 Å². The number of thiophene rings is 1. The first kappa shape index (κ1) is 22.8. The topological polar surface area (TPSA) is 76.5 Å². The molecule has 32 heavy (non-hydrogen) atoms. The molecule has 0 spiro atoms. The zero-order valence-corrected chi connectivity index (χ0v) is 20.3. The largest absolute Gasteiger partial charge is 0.495 e. The number of ether oxygens (including phenoxy) is 1. The number of halogens is 1. The van der Waals surface area contributed by atoms with Gasteiger partial charge in [-0.25, -0.2) is 4.98 Å². The van der Waals surface area contributed by atoms with E-state index in [2.05, 4.69) is 10.2 Å². The van der Waals surface area contributed by atoms with Crippen molar-refractivity contribution in [3.8, 4) is 5.75 Å². The number of rotatable bonds is 6. The number of likely N-dealkylation sites (tertiary alicyclic amines) is 1. The number of hydrogen-bond donors (Lipinski definition) is 1. The van der Waals surface area contributed by atoms with Crippen LogP contribution >= 0.6 is 22.9 Å². The van der Waals surface area contributed by atoms with Crippen molar-refractivity contribution >= 4 is 44.7 Å². The second kappa shape index (κ2) is 9.21. The van der Waals surface area contributed by atoms with Gasteiger partial charge in [0.2, 0.25) is 5.91 Å². The van der Waals surface area contributed by atoms with Gasteiger partial charge in [-0.2, -0.15) is 0 Å². The average Bonchev–Trinajstić information content (AvgIpc) is 3.36. The van der Waals surface area contributed by atoms with E-state index in [1.54, 1.807) is 29.7 Å². The van der Waals surface area contributed by atoms with Gasteiger partial charge in [-0.1, -0.05) is 11.6 Å². The minimum Gasteiger partial charge on any atom is -0.495 e. The fourth-order valence-electron chi connectivity index (χ4n) is 4.13. The minimum absolute atomic E-state index is 0.174. The van der Waals surface area contributed by atoms with Gasteiger partial charge < -0.3 is 10.1 Å². The Balaban J connectivity index is 1.76. The second-order valence-electron chi connectivity index (χ2n) is 8.16. The van der Waals surface area contributed by atoms with E-state index in [4.69, 9.17) is 21.3 Å². The molecule has 1 unspecified atom stereocenters. The SMILES string of the molecule is COc1ccc(Cl)cc1NC(=O)C(C)n1c(CN2CCCC2)nc2sc(C)c(C)c2c1=O. The second-order valence-corrected chi connectivity index (χ2v) is 9.80. The summed E-state index contributed by atoms with van der Waals surface area (Å²) in [6, 6.07) is 4.25. The summed E-state index contributed by atoms with van der Waals surface area (Å²) in [5.74, 6) is 0.782. The lowest BCUT2D eigenvalue weighted by atomic mass is 10.2. The standard InChI is InChI=1S/C23H27ClN4O3S/c1-13-15(3)32-22-20(13)23(30)28(19(26-22)12-27-9-5-6-10-27)14(2)21(29)25-17-11-16(24)7-8-18(17)31-4/h7-8,11,14H,5-6,9-10,12H2,1-4H3,(H,25,29). The monoisotopic (exact) mass is 474 g/mol. The van der Waals surface area contributed by atoms with Gasteiger partial charge in [-0.3, -0.25) is 19.1 Å². The number of anilines is 1. The average molecular weight is 475 g/mol. The van der Waals surface area contributed by atoms with Gasteiger partial charge in [0.05, 0.1) is 24.7 Å². The molecule has 1 aromatic carbocycles. The van der Waals surface area contributed by atoms with Crippen molar-refractivity contribution in [3.05, 3.63) is 49.8 Å². The molecule has 1 fully saturated rings. The molecule has 0 saturated carbocycles. The summed E-state index contributed by atoms with van der Waals surface area (Å²) in [7, 11) is 1.53. The number of amides is 1. The Morgan fingerprint density at radius 1 is 1.31 bits per heavy atom. The highest BCUT2D eigenvalue weighted by atomic mass is 35.5. The van der Waals surface area contributed by atoms with E-state index in [9.17, 15) is 9.59 Å². The third-order valence-electron chi connectivity index (χ3n) is 6.06. The molecule has 1 aliphatic heterocycles. The maximum absolute atomic E-state index is 13.6. The fraction of sp³-hybridized carbons (Fsp3) is 0.435. The molecule has 0 aliphatic carbocycles. The summed E-state index contributed by atoms with van der Waals surface area (Å²) in [5, 5.41) is 3.94. The molecule has 7 nitrogen and oxygen atoms in total. The van der Waals surface area contributed by atoms with Crippen molar-refractivity contribution in [3.63, 3.8) is 0 Å². The van der Waals surface area contributed by atoms with Crippen molar-refractivity contribution in [2.45, 2.75) is 46.2 Å². The van der Waals surface area contributed by atoms with Crippen LogP contribution in [-0.2, 0) is 11.3 Å². The molecule has 3 aromatic rings. The van der Waals surface area contributed by atoms with Crippen LogP contribution in [0.2, 0.25) is 5.02 Å². The van der Waals surface area contributed by atoms with Gasteiger partial charge in [-0.15, -0.1) is 11.3 Å². The highest BCUT2D eigenvalue weighted by Gasteiger charge is 2.26. The minimum atomic E-state index is -0.764. The zero-order chi connectivity index (χ0) is 23.0. The van der Waals surface area contributed by atoms with Gasteiger partial charge in [0.15, 0.2) is 0 Å². The Hall–Kier alpha value is -2.42. The number of aryl methyl sites for hydroxylation is 2. The van der Waals surface area contributed by atoms with E-state index < -0.39 is 6.04 Å². The lowest BCUT2D eigenvalue weighted by Crippen LogP contribution is -2.36. The molecule has 1 amide bonds. The number of benzene rings is 1. The first-order chi connectivity index (χ1) is 15.3. The van der Waals surface area contributed by atoms with Crippen molar-refractivity contribution < 1.29 is 9.53 Å². The van der Waals surface area contributed by atoms with Crippen molar-refractivity contribution in [2.75, 3.05) is 25.5 Å². The Morgan fingerprint density at radius 3 is 2.72 bits per heavy atom. The van der Waals surface area contributed by atoms with Crippen LogP contribution in [0.1, 0.15) is 42.1 Å². The quantitative estimate of drug-likeness (QED) is 0.568. The van der Waals surface area contributed by atoms with Crippen molar-refractivity contribution in [1.29, 1.82) is 0 Å². The number of aromatic nitrogens is 2. The van der Waals surface area contributed by atoms with Crippen LogP contribution in [0.3, 0.4) is 0 Å². The van der Waals surface area contributed by atoms with Gasteiger partial charge in [0.1, 0.15) is 22.4 Å². The van der Waals surface area contributed by atoms with Gasteiger partial charge in [0, 0.05) is 9.90 Å². The third-order valence-corrected chi connectivity index (χ3v) is 7.39. The van der Waals surface area contributed by atoms with Crippen LogP contribution in [0.4, 0.5) is 5.69 Å². The number of carbonyl (C=O) groups excluding carboxylic acids is 1. The molecular formula is C23H27ClN4O3S. The van der Waals surface area contributed by atoms with Crippen LogP contribution in [0.5, 0.6) is 5.75 Å². The lowest BCUT2D eigenvalue weighted by Gasteiger charge is -2.22. The molecule has 1 aliphatic rings. The van der Waals surface area contributed by atoms with Crippen LogP contribution in [0.25, 0.3) is 10.2 Å². The van der Waals surface area contributed by atoms with Crippen LogP contribution in [-0.4, -0.2) is 40.6 Å². The molecule has 0 radical (unpaired) electrons. The summed E-state index contributed by atoms with van der Waals surface area (Å²) in [6.45, 7) is 8.13. The summed E-state index contributed by atoms with van der Waals surface area (Å²) >= 11 is 7.64. The van der Waals surface area contributed by atoms with Gasteiger partial charge in [0.25, 0.3) is 5.56 Å². The number of nitrogens with one attached hydrogen (secondary N) is 1. The summed E-state index contributed by atoms with van der Waals surface area (Å²) in [4.78, 5) is 35.8.